The average molecular weight is 321 g/mol. The van der Waals surface area contributed by atoms with Crippen LogP contribution >= 0.6 is 0 Å². The fourth-order valence-electron chi connectivity index (χ4n) is 1.49. The molecule has 0 saturated carbocycles. The average Bonchev–Trinajstić information content (AvgIpc) is 2.26. The number of rotatable bonds is 7. The quantitative estimate of drug-likeness (QED) is 0.721. The number of carboxylic acid groups (broad SMARTS) is 1. The van der Waals surface area contributed by atoms with Gasteiger partial charge >= 0.3 is 5.97 Å². The third-order valence-corrected chi connectivity index (χ3v) is 5.90. The first-order chi connectivity index (χ1) is 9.09. The normalized spacial score (nSPS) is 12.2. The van der Waals surface area contributed by atoms with Gasteiger partial charge in [-0.2, -0.15) is 0 Å². The molecule has 0 unspecified atom stereocenters. The second-order valence-electron chi connectivity index (χ2n) is 4.30. The molecule has 0 heterocycles. The van der Waals surface area contributed by atoms with Gasteiger partial charge in [0.2, 0.25) is 10.0 Å². The minimum absolute atomic E-state index is 0.0459. The SMILES string of the molecule is CS(=O)(=O)CS(=O)(=O)NCCc1ccc(C(=O)O)cc1. The van der Waals surface area contributed by atoms with Crippen LogP contribution in [-0.4, -0.2) is 45.8 Å². The summed E-state index contributed by atoms with van der Waals surface area (Å²) >= 11 is 0. The van der Waals surface area contributed by atoms with Gasteiger partial charge in [-0.05, 0) is 24.1 Å². The molecular weight excluding hydrogens is 306 g/mol. The molecule has 0 spiro atoms. The van der Waals surface area contributed by atoms with Crippen molar-refractivity contribution in [2.24, 2.45) is 0 Å². The van der Waals surface area contributed by atoms with Gasteiger partial charge in [0.05, 0.1) is 5.56 Å². The summed E-state index contributed by atoms with van der Waals surface area (Å²) in [5.41, 5.74) is 0.892. The highest BCUT2D eigenvalue weighted by atomic mass is 32.3. The zero-order valence-electron chi connectivity index (χ0n) is 10.7. The molecule has 2 N–H and O–H groups in total. The molecule has 1 aromatic rings. The summed E-state index contributed by atoms with van der Waals surface area (Å²) in [6.45, 7) is 0.0459. The van der Waals surface area contributed by atoms with Gasteiger partial charge in [0, 0.05) is 12.8 Å². The van der Waals surface area contributed by atoms with Crippen molar-refractivity contribution in [2.45, 2.75) is 6.42 Å². The van der Waals surface area contributed by atoms with Gasteiger partial charge in [-0.1, -0.05) is 12.1 Å². The molecule has 0 fully saturated rings. The topological polar surface area (TPSA) is 118 Å². The number of hydrogen-bond acceptors (Lipinski definition) is 5. The van der Waals surface area contributed by atoms with E-state index in [4.69, 9.17) is 5.11 Å². The van der Waals surface area contributed by atoms with Crippen molar-refractivity contribution in [2.75, 3.05) is 17.9 Å². The van der Waals surface area contributed by atoms with Crippen LogP contribution in [0.4, 0.5) is 0 Å². The molecular formula is C11H15NO6S2. The Morgan fingerprint density at radius 3 is 2.15 bits per heavy atom. The number of sulfonamides is 1. The number of nitrogens with one attached hydrogen (secondary N) is 1. The van der Waals surface area contributed by atoms with E-state index in [9.17, 15) is 21.6 Å². The molecule has 0 radical (unpaired) electrons. The lowest BCUT2D eigenvalue weighted by molar-refractivity contribution is 0.0697. The van der Waals surface area contributed by atoms with Crippen LogP contribution in [0.1, 0.15) is 15.9 Å². The van der Waals surface area contributed by atoms with E-state index >= 15 is 0 Å². The van der Waals surface area contributed by atoms with Crippen molar-refractivity contribution in [1.29, 1.82) is 0 Å². The fourth-order valence-corrected chi connectivity index (χ4v) is 4.49. The molecule has 0 aliphatic carbocycles. The number of aromatic carboxylic acids is 1. The largest absolute Gasteiger partial charge is 0.478 e. The van der Waals surface area contributed by atoms with Gasteiger partial charge < -0.3 is 5.11 Å². The predicted octanol–water partition coefficient (Wildman–Crippen LogP) is -0.151. The van der Waals surface area contributed by atoms with E-state index in [0.717, 1.165) is 11.8 Å². The summed E-state index contributed by atoms with van der Waals surface area (Å²) in [5, 5.41) is 7.77. The van der Waals surface area contributed by atoms with Crippen LogP contribution < -0.4 is 4.72 Å². The summed E-state index contributed by atoms with van der Waals surface area (Å²) in [4.78, 5) is 10.6. The summed E-state index contributed by atoms with van der Waals surface area (Å²) < 4.78 is 46.8. The van der Waals surface area contributed by atoms with E-state index in [2.05, 4.69) is 4.72 Å². The molecule has 0 amide bonds. The molecule has 112 valence electrons. The standard InChI is InChI=1S/C11H15NO6S2/c1-19(15,16)8-20(17,18)12-7-6-9-2-4-10(5-3-9)11(13)14/h2-5,12H,6-8H2,1H3,(H,13,14). The van der Waals surface area contributed by atoms with E-state index in [1.54, 1.807) is 12.1 Å². The highest BCUT2D eigenvalue weighted by molar-refractivity contribution is 8.06. The maximum atomic E-state index is 11.4. The van der Waals surface area contributed by atoms with Crippen LogP contribution in [0, 0.1) is 0 Å². The monoisotopic (exact) mass is 321 g/mol. The molecule has 0 aromatic heterocycles. The van der Waals surface area contributed by atoms with E-state index in [-0.39, 0.29) is 12.1 Å². The van der Waals surface area contributed by atoms with Crippen LogP contribution in [0.5, 0.6) is 0 Å². The molecule has 1 aromatic carbocycles. The maximum Gasteiger partial charge on any atom is 0.335 e. The minimum atomic E-state index is -3.86. The van der Waals surface area contributed by atoms with E-state index in [1.165, 1.54) is 12.1 Å². The molecule has 0 saturated heterocycles. The lowest BCUT2D eigenvalue weighted by Gasteiger charge is -2.06. The number of carbonyl (C=O) groups is 1. The Kier molecular flexibility index (Phi) is 5.26. The number of carboxylic acids is 1. The first-order valence-electron chi connectivity index (χ1n) is 5.56. The molecule has 0 aliphatic heterocycles. The van der Waals surface area contributed by atoms with Crippen molar-refractivity contribution in [3.63, 3.8) is 0 Å². The second-order valence-corrected chi connectivity index (χ2v) is 8.62. The third kappa shape index (κ3) is 6.13. The highest BCUT2D eigenvalue weighted by Crippen LogP contribution is 2.05. The molecule has 0 bridgehead atoms. The number of sulfone groups is 1. The van der Waals surface area contributed by atoms with Crippen molar-refractivity contribution >= 4 is 25.8 Å². The minimum Gasteiger partial charge on any atom is -0.478 e. The van der Waals surface area contributed by atoms with Crippen LogP contribution in [0.25, 0.3) is 0 Å². The molecule has 20 heavy (non-hydrogen) atoms. The van der Waals surface area contributed by atoms with Crippen molar-refractivity contribution < 1.29 is 26.7 Å². The van der Waals surface area contributed by atoms with Crippen molar-refractivity contribution in [3.8, 4) is 0 Å². The lowest BCUT2D eigenvalue weighted by atomic mass is 10.1. The van der Waals surface area contributed by atoms with Crippen LogP contribution in [0.3, 0.4) is 0 Å². The van der Waals surface area contributed by atoms with Crippen molar-refractivity contribution in [1.82, 2.24) is 4.72 Å². The summed E-state index contributed by atoms with van der Waals surface area (Å²) in [5.74, 6) is -1.04. The predicted molar refractivity (Wildman–Crippen MR) is 73.7 cm³/mol. The zero-order valence-corrected chi connectivity index (χ0v) is 12.4. The van der Waals surface area contributed by atoms with Gasteiger partial charge in [0.15, 0.2) is 14.9 Å². The Morgan fingerprint density at radius 2 is 1.70 bits per heavy atom. The first kappa shape index (κ1) is 16.6. The molecule has 1 rings (SSSR count). The lowest BCUT2D eigenvalue weighted by Crippen LogP contribution is -2.31. The van der Waals surface area contributed by atoms with Crippen LogP contribution in [-0.2, 0) is 26.3 Å². The van der Waals surface area contributed by atoms with Gasteiger partial charge in [-0.25, -0.2) is 26.4 Å². The zero-order chi connectivity index (χ0) is 15.4. The van der Waals surface area contributed by atoms with Crippen LogP contribution in [0.15, 0.2) is 24.3 Å². The maximum absolute atomic E-state index is 11.4. The Morgan fingerprint density at radius 1 is 1.15 bits per heavy atom. The van der Waals surface area contributed by atoms with Gasteiger partial charge in [-0.3, -0.25) is 0 Å². The summed E-state index contributed by atoms with van der Waals surface area (Å²) in [7, 11) is -7.47. The number of hydrogen-bond donors (Lipinski definition) is 2. The number of benzene rings is 1. The first-order valence-corrected chi connectivity index (χ1v) is 9.28. The Balaban J connectivity index is 2.54. The Hall–Kier alpha value is -1.45. The summed E-state index contributed by atoms with van der Waals surface area (Å²) in [6, 6.07) is 5.99. The van der Waals surface area contributed by atoms with E-state index in [1.807, 2.05) is 0 Å². The molecule has 7 nitrogen and oxygen atoms in total. The summed E-state index contributed by atoms with van der Waals surface area (Å²) in [6.07, 6.45) is 1.18. The fraction of sp³-hybridized carbons (Fsp3) is 0.364. The molecule has 0 atom stereocenters. The van der Waals surface area contributed by atoms with Gasteiger partial charge in [-0.15, -0.1) is 0 Å². The van der Waals surface area contributed by atoms with Crippen molar-refractivity contribution in [3.05, 3.63) is 35.4 Å². The van der Waals surface area contributed by atoms with Gasteiger partial charge in [0.1, 0.15) is 0 Å². The van der Waals surface area contributed by atoms with Gasteiger partial charge in [0.25, 0.3) is 0 Å². The third-order valence-electron chi connectivity index (χ3n) is 2.31. The smallest absolute Gasteiger partial charge is 0.335 e. The molecule has 0 aliphatic rings. The second kappa shape index (κ2) is 6.33. The van der Waals surface area contributed by atoms with E-state index < -0.39 is 30.9 Å². The Bertz CT molecular complexity index is 676. The Labute approximate surface area is 117 Å². The van der Waals surface area contributed by atoms with Crippen LogP contribution in [0.2, 0.25) is 0 Å². The van der Waals surface area contributed by atoms with E-state index in [0.29, 0.717) is 6.42 Å². The molecule has 9 heteroatoms. The highest BCUT2D eigenvalue weighted by Gasteiger charge is 2.17.